The Bertz CT molecular complexity index is 450. The Morgan fingerprint density at radius 2 is 2.06 bits per heavy atom. The zero-order chi connectivity index (χ0) is 12.6. The van der Waals surface area contributed by atoms with Gasteiger partial charge in [0.2, 0.25) is 0 Å². The third-order valence-electron chi connectivity index (χ3n) is 3.09. The Morgan fingerprint density at radius 3 is 2.71 bits per heavy atom. The van der Waals surface area contributed by atoms with Gasteiger partial charge >= 0.3 is 0 Å². The van der Waals surface area contributed by atoms with E-state index in [-0.39, 0.29) is 11.2 Å². The monoisotopic (exact) mass is 232 g/mol. The van der Waals surface area contributed by atoms with Crippen LogP contribution in [0.15, 0.2) is 6.20 Å². The molecule has 2 rings (SSSR count). The largest absolute Gasteiger partial charge is 0.294 e. The van der Waals surface area contributed by atoms with E-state index >= 15 is 0 Å². The van der Waals surface area contributed by atoms with Gasteiger partial charge in [0.15, 0.2) is 5.78 Å². The lowest BCUT2D eigenvalue weighted by Crippen LogP contribution is -2.28. The molecule has 0 atom stereocenters. The molecule has 1 aliphatic carbocycles. The van der Waals surface area contributed by atoms with Gasteiger partial charge in [-0.05, 0) is 17.8 Å². The summed E-state index contributed by atoms with van der Waals surface area (Å²) in [5, 5.41) is 0. The van der Waals surface area contributed by atoms with E-state index in [9.17, 15) is 4.79 Å². The van der Waals surface area contributed by atoms with Gasteiger partial charge < -0.3 is 0 Å². The summed E-state index contributed by atoms with van der Waals surface area (Å²) < 4.78 is 0. The molecule has 1 heterocycles. The second-order valence-corrected chi connectivity index (χ2v) is 6.19. The summed E-state index contributed by atoms with van der Waals surface area (Å²) in [6, 6.07) is 0. The predicted octanol–water partition coefficient (Wildman–Crippen LogP) is 2.83. The lowest BCUT2D eigenvalue weighted by Gasteiger charge is -2.29. The third kappa shape index (κ3) is 2.71. The van der Waals surface area contributed by atoms with Crippen LogP contribution in [0.3, 0.4) is 0 Å². The first kappa shape index (κ1) is 12.2. The van der Waals surface area contributed by atoms with Crippen LogP contribution in [0.4, 0.5) is 0 Å². The van der Waals surface area contributed by atoms with Gasteiger partial charge in [-0.15, -0.1) is 0 Å². The first-order chi connectivity index (χ1) is 7.87. The molecule has 0 saturated heterocycles. The second kappa shape index (κ2) is 4.21. The zero-order valence-corrected chi connectivity index (χ0v) is 11.1. The van der Waals surface area contributed by atoms with E-state index in [1.807, 2.05) is 0 Å². The van der Waals surface area contributed by atoms with E-state index < -0.39 is 0 Å². The summed E-state index contributed by atoms with van der Waals surface area (Å²) in [6.07, 6.45) is 4.08. The molecule has 0 amide bonds. The Hall–Kier alpha value is -1.25. The van der Waals surface area contributed by atoms with E-state index in [4.69, 9.17) is 0 Å². The third-order valence-corrected chi connectivity index (χ3v) is 3.09. The number of rotatable bonds is 2. The highest BCUT2D eigenvalue weighted by atomic mass is 16.1. The van der Waals surface area contributed by atoms with E-state index in [0.29, 0.717) is 12.3 Å². The minimum Gasteiger partial charge on any atom is -0.294 e. The van der Waals surface area contributed by atoms with Gasteiger partial charge in [-0.25, -0.2) is 9.97 Å². The standard InChI is InChI=1S/C14H20N2O/c1-9(2)5-13-15-8-10-11(16-13)6-14(3,4)7-12(10)17/h8-9H,5-7H2,1-4H3. The van der Waals surface area contributed by atoms with E-state index in [1.54, 1.807) is 6.20 Å². The Kier molecular flexibility index (Phi) is 3.02. The molecule has 0 N–H and O–H groups in total. The highest BCUT2D eigenvalue weighted by molar-refractivity contribution is 5.98. The van der Waals surface area contributed by atoms with Gasteiger partial charge in [-0.1, -0.05) is 27.7 Å². The van der Waals surface area contributed by atoms with Crippen molar-refractivity contribution in [2.75, 3.05) is 0 Å². The van der Waals surface area contributed by atoms with E-state index in [2.05, 4.69) is 37.7 Å². The summed E-state index contributed by atoms with van der Waals surface area (Å²) in [4.78, 5) is 20.8. The van der Waals surface area contributed by atoms with Crippen LogP contribution < -0.4 is 0 Å². The highest BCUT2D eigenvalue weighted by Gasteiger charge is 2.32. The average Bonchev–Trinajstić information content (AvgIpc) is 2.13. The van der Waals surface area contributed by atoms with E-state index in [0.717, 1.165) is 29.9 Å². The van der Waals surface area contributed by atoms with Crippen molar-refractivity contribution in [1.82, 2.24) is 9.97 Å². The number of hydrogen-bond donors (Lipinski definition) is 0. The molecule has 0 saturated carbocycles. The first-order valence-corrected chi connectivity index (χ1v) is 6.25. The summed E-state index contributed by atoms with van der Waals surface area (Å²) in [6.45, 7) is 8.55. The fraction of sp³-hybridized carbons (Fsp3) is 0.643. The molecule has 1 aromatic rings. The minimum absolute atomic E-state index is 0.0353. The number of carbonyl (C=O) groups excluding carboxylic acids is 1. The van der Waals surface area contributed by atoms with Crippen LogP contribution in [-0.4, -0.2) is 15.8 Å². The summed E-state index contributed by atoms with van der Waals surface area (Å²) in [5.74, 6) is 1.59. The maximum absolute atomic E-state index is 12.0. The number of Topliss-reactive ketones (excluding diaryl/α,β-unsaturated/α-hetero) is 1. The number of hydrogen-bond acceptors (Lipinski definition) is 3. The Balaban J connectivity index is 2.35. The van der Waals surface area contributed by atoms with Crippen molar-refractivity contribution in [3.8, 4) is 0 Å². The van der Waals surface area contributed by atoms with Crippen molar-refractivity contribution in [3.05, 3.63) is 23.3 Å². The number of fused-ring (bicyclic) bond motifs is 1. The molecule has 1 aromatic heterocycles. The van der Waals surface area contributed by atoms with Gasteiger partial charge in [0.1, 0.15) is 5.82 Å². The average molecular weight is 232 g/mol. The molecule has 3 nitrogen and oxygen atoms in total. The predicted molar refractivity (Wildman–Crippen MR) is 67.0 cm³/mol. The molecule has 0 radical (unpaired) electrons. The van der Waals surface area contributed by atoms with Gasteiger partial charge in [0.05, 0.1) is 11.3 Å². The number of carbonyl (C=O) groups is 1. The van der Waals surface area contributed by atoms with Crippen LogP contribution in [0.25, 0.3) is 0 Å². The zero-order valence-electron chi connectivity index (χ0n) is 11.1. The Morgan fingerprint density at radius 1 is 1.35 bits per heavy atom. The molecule has 3 heteroatoms. The summed E-state index contributed by atoms with van der Waals surface area (Å²) >= 11 is 0. The van der Waals surface area contributed by atoms with Gasteiger partial charge in [0, 0.05) is 19.0 Å². The maximum atomic E-state index is 12.0. The fourth-order valence-electron chi connectivity index (χ4n) is 2.34. The molecule has 92 valence electrons. The number of aromatic nitrogens is 2. The molecule has 1 aliphatic rings. The van der Waals surface area contributed by atoms with Gasteiger partial charge in [0.25, 0.3) is 0 Å². The second-order valence-electron chi connectivity index (χ2n) is 6.19. The Labute approximate surface area is 103 Å². The molecule has 0 fully saturated rings. The highest BCUT2D eigenvalue weighted by Crippen LogP contribution is 2.33. The normalized spacial score (nSPS) is 18.3. The van der Waals surface area contributed by atoms with Crippen LogP contribution in [0.5, 0.6) is 0 Å². The molecule has 0 spiro atoms. The molecular weight excluding hydrogens is 212 g/mol. The van der Waals surface area contributed by atoms with Gasteiger partial charge in [-0.2, -0.15) is 0 Å². The molecule has 0 bridgehead atoms. The molecule has 17 heavy (non-hydrogen) atoms. The smallest absolute Gasteiger partial charge is 0.166 e. The minimum atomic E-state index is 0.0353. The molecule has 0 aliphatic heterocycles. The number of nitrogens with zero attached hydrogens (tertiary/aromatic N) is 2. The lowest BCUT2D eigenvalue weighted by molar-refractivity contribution is 0.0909. The van der Waals surface area contributed by atoms with Crippen LogP contribution in [0.2, 0.25) is 0 Å². The van der Waals surface area contributed by atoms with Crippen LogP contribution in [0.1, 0.15) is 56.0 Å². The van der Waals surface area contributed by atoms with Crippen molar-refractivity contribution in [2.45, 2.75) is 47.0 Å². The number of ketones is 1. The van der Waals surface area contributed by atoms with Gasteiger partial charge in [-0.3, -0.25) is 4.79 Å². The quantitative estimate of drug-likeness (QED) is 0.787. The first-order valence-electron chi connectivity index (χ1n) is 6.25. The summed E-state index contributed by atoms with van der Waals surface area (Å²) in [5.41, 5.74) is 1.71. The van der Waals surface area contributed by atoms with E-state index in [1.165, 1.54) is 0 Å². The summed E-state index contributed by atoms with van der Waals surface area (Å²) in [7, 11) is 0. The molecule has 0 aromatic carbocycles. The fourth-order valence-corrected chi connectivity index (χ4v) is 2.34. The van der Waals surface area contributed by atoms with Crippen molar-refractivity contribution in [2.24, 2.45) is 11.3 Å². The maximum Gasteiger partial charge on any atom is 0.166 e. The van der Waals surface area contributed by atoms with Crippen molar-refractivity contribution < 1.29 is 4.79 Å². The van der Waals surface area contributed by atoms with Crippen molar-refractivity contribution in [1.29, 1.82) is 0 Å². The SMILES string of the molecule is CC(C)Cc1ncc2c(n1)CC(C)(C)CC2=O. The van der Waals surface area contributed by atoms with Crippen molar-refractivity contribution >= 4 is 5.78 Å². The van der Waals surface area contributed by atoms with Crippen LogP contribution in [0, 0.1) is 11.3 Å². The lowest BCUT2D eigenvalue weighted by atomic mass is 9.76. The molecule has 0 unspecified atom stereocenters. The topological polar surface area (TPSA) is 42.9 Å². The van der Waals surface area contributed by atoms with Crippen LogP contribution >= 0.6 is 0 Å². The molecular formula is C14H20N2O. The van der Waals surface area contributed by atoms with Crippen molar-refractivity contribution in [3.63, 3.8) is 0 Å². The van der Waals surface area contributed by atoms with Crippen LogP contribution in [-0.2, 0) is 12.8 Å².